The number of aromatic nitrogens is 2. The maximum absolute atomic E-state index is 12.4. The molecule has 0 aliphatic heterocycles. The highest BCUT2D eigenvalue weighted by Gasteiger charge is 2.14. The van der Waals surface area contributed by atoms with Crippen LogP contribution in [-0.4, -0.2) is 15.9 Å². The van der Waals surface area contributed by atoms with Crippen molar-refractivity contribution in [1.29, 1.82) is 0 Å². The molecule has 0 aliphatic carbocycles. The number of amides is 1. The molecule has 0 bridgehead atoms. The summed E-state index contributed by atoms with van der Waals surface area (Å²) >= 11 is 4.58. The van der Waals surface area contributed by atoms with E-state index in [2.05, 4.69) is 27.4 Å². The van der Waals surface area contributed by atoms with E-state index in [4.69, 9.17) is 0 Å². The number of hydrogen-bond acceptors (Lipinski definition) is 6. The smallest absolute Gasteiger partial charge is 0.276 e. The number of thiophene rings is 1. The first-order chi connectivity index (χ1) is 12.3. The fourth-order valence-electron chi connectivity index (χ4n) is 2.30. The van der Waals surface area contributed by atoms with Crippen LogP contribution < -0.4 is 5.32 Å². The molecular formula is C18H13N3OS3. The predicted octanol–water partition coefficient (Wildman–Crippen LogP) is 5.17. The first kappa shape index (κ1) is 16.1. The molecule has 0 radical (unpaired) electrons. The summed E-state index contributed by atoms with van der Waals surface area (Å²) in [6.07, 6.45) is 2.62. The summed E-state index contributed by atoms with van der Waals surface area (Å²) in [4.78, 5) is 22.2. The van der Waals surface area contributed by atoms with E-state index in [1.165, 1.54) is 28.2 Å². The van der Waals surface area contributed by atoms with Crippen molar-refractivity contribution < 1.29 is 4.79 Å². The molecule has 0 unspecified atom stereocenters. The minimum Gasteiger partial charge on any atom is -0.296 e. The number of rotatable bonds is 5. The highest BCUT2D eigenvalue weighted by Crippen LogP contribution is 2.26. The lowest BCUT2D eigenvalue weighted by Crippen LogP contribution is -2.11. The van der Waals surface area contributed by atoms with E-state index in [1.54, 1.807) is 16.7 Å². The highest BCUT2D eigenvalue weighted by atomic mass is 32.1. The van der Waals surface area contributed by atoms with Crippen LogP contribution in [0.4, 0.5) is 5.13 Å². The average molecular weight is 384 g/mol. The van der Waals surface area contributed by atoms with Crippen LogP contribution in [0.2, 0.25) is 0 Å². The van der Waals surface area contributed by atoms with Crippen molar-refractivity contribution in [2.24, 2.45) is 0 Å². The molecule has 0 aliphatic rings. The fourth-order valence-corrected chi connectivity index (χ4v) is 4.66. The zero-order valence-electron chi connectivity index (χ0n) is 13.0. The Morgan fingerprint density at radius 1 is 1.12 bits per heavy atom. The molecule has 0 fully saturated rings. The Bertz CT molecular complexity index is 974. The molecule has 4 aromatic rings. The molecular weight excluding hydrogens is 370 g/mol. The molecule has 0 spiro atoms. The average Bonchev–Trinajstić information content (AvgIpc) is 3.37. The Labute approximate surface area is 156 Å². The van der Waals surface area contributed by atoms with Crippen molar-refractivity contribution in [2.75, 3.05) is 5.32 Å². The van der Waals surface area contributed by atoms with Gasteiger partial charge in [0.2, 0.25) is 0 Å². The predicted molar refractivity (Wildman–Crippen MR) is 105 cm³/mol. The molecule has 0 atom stereocenters. The summed E-state index contributed by atoms with van der Waals surface area (Å²) in [7, 11) is 0. The Hall–Kier alpha value is -2.35. The van der Waals surface area contributed by atoms with Crippen LogP contribution in [-0.2, 0) is 6.42 Å². The van der Waals surface area contributed by atoms with Crippen LogP contribution in [0.1, 0.15) is 20.9 Å². The van der Waals surface area contributed by atoms with Crippen molar-refractivity contribution >= 4 is 45.0 Å². The van der Waals surface area contributed by atoms with E-state index >= 15 is 0 Å². The van der Waals surface area contributed by atoms with Gasteiger partial charge in [-0.3, -0.25) is 10.1 Å². The summed E-state index contributed by atoms with van der Waals surface area (Å²) in [6.45, 7) is 0. The van der Waals surface area contributed by atoms with E-state index in [1.807, 2.05) is 41.2 Å². The van der Waals surface area contributed by atoms with Crippen LogP contribution in [0.3, 0.4) is 0 Å². The number of carbonyl (C=O) groups excluding carboxylic acids is 1. The van der Waals surface area contributed by atoms with Gasteiger partial charge in [0.15, 0.2) is 5.13 Å². The van der Waals surface area contributed by atoms with Crippen molar-refractivity contribution in [3.63, 3.8) is 0 Å². The Kier molecular flexibility index (Phi) is 4.69. The molecule has 1 amide bonds. The molecule has 7 heteroatoms. The van der Waals surface area contributed by atoms with E-state index in [0.29, 0.717) is 10.8 Å². The largest absolute Gasteiger partial charge is 0.296 e. The standard InChI is InChI=1S/C18H13N3OS3/c22-16(15-11-24-17(20-15)13-6-7-23-10-13)21-18-19-9-14(25-18)8-12-4-2-1-3-5-12/h1-7,9-11H,8H2,(H,19,21,22). The number of thiazole rings is 2. The molecule has 124 valence electrons. The first-order valence-corrected chi connectivity index (χ1v) is 10.2. The van der Waals surface area contributed by atoms with Gasteiger partial charge in [-0.15, -0.1) is 22.7 Å². The molecule has 1 aromatic carbocycles. The van der Waals surface area contributed by atoms with Gasteiger partial charge in [0.05, 0.1) is 0 Å². The third-order valence-electron chi connectivity index (χ3n) is 3.50. The maximum atomic E-state index is 12.4. The van der Waals surface area contributed by atoms with E-state index in [0.717, 1.165) is 21.9 Å². The molecule has 0 saturated carbocycles. The Balaban J connectivity index is 1.43. The van der Waals surface area contributed by atoms with Gasteiger partial charge in [-0.2, -0.15) is 11.3 Å². The normalized spacial score (nSPS) is 10.7. The van der Waals surface area contributed by atoms with Gasteiger partial charge in [-0.1, -0.05) is 30.3 Å². The first-order valence-electron chi connectivity index (χ1n) is 7.56. The minimum absolute atomic E-state index is 0.224. The van der Waals surface area contributed by atoms with Gasteiger partial charge >= 0.3 is 0 Å². The van der Waals surface area contributed by atoms with Crippen molar-refractivity contribution in [3.8, 4) is 10.6 Å². The fraction of sp³-hybridized carbons (Fsp3) is 0.0556. The third-order valence-corrected chi connectivity index (χ3v) is 5.99. The van der Waals surface area contributed by atoms with E-state index in [9.17, 15) is 4.79 Å². The lowest BCUT2D eigenvalue weighted by Gasteiger charge is -1.98. The van der Waals surface area contributed by atoms with Gasteiger partial charge in [0.1, 0.15) is 10.7 Å². The van der Waals surface area contributed by atoms with Crippen LogP contribution in [0.25, 0.3) is 10.6 Å². The summed E-state index contributed by atoms with van der Waals surface area (Å²) in [5.74, 6) is -0.224. The summed E-state index contributed by atoms with van der Waals surface area (Å²) < 4.78 is 0. The number of hydrogen-bond donors (Lipinski definition) is 1. The maximum Gasteiger partial charge on any atom is 0.276 e. The number of carbonyl (C=O) groups is 1. The number of benzene rings is 1. The molecule has 4 nitrogen and oxygen atoms in total. The lowest BCUT2D eigenvalue weighted by molar-refractivity contribution is 0.102. The molecule has 4 rings (SSSR count). The third kappa shape index (κ3) is 3.84. The second-order valence-electron chi connectivity index (χ2n) is 5.30. The second-order valence-corrected chi connectivity index (χ2v) is 8.05. The van der Waals surface area contributed by atoms with Crippen molar-refractivity contribution in [2.45, 2.75) is 6.42 Å². The summed E-state index contributed by atoms with van der Waals surface area (Å²) in [6, 6.07) is 12.2. The van der Waals surface area contributed by atoms with Gasteiger partial charge in [-0.05, 0) is 17.0 Å². The van der Waals surface area contributed by atoms with Gasteiger partial charge < -0.3 is 0 Å². The van der Waals surface area contributed by atoms with Gasteiger partial charge in [-0.25, -0.2) is 9.97 Å². The quantitative estimate of drug-likeness (QED) is 0.517. The Morgan fingerprint density at radius 3 is 2.80 bits per heavy atom. The van der Waals surface area contributed by atoms with Crippen LogP contribution in [0, 0.1) is 0 Å². The summed E-state index contributed by atoms with van der Waals surface area (Å²) in [5.41, 5.74) is 2.70. The van der Waals surface area contributed by atoms with Crippen LogP contribution in [0.15, 0.2) is 58.7 Å². The van der Waals surface area contributed by atoms with Crippen molar-refractivity contribution in [3.05, 3.63) is 74.9 Å². The zero-order valence-corrected chi connectivity index (χ0v) is 15.5. The number of anilines is 1. The molecule has 3 heterocycles. The van der Waals surface area contributed by atoms with Crippen LogP contribution >= 0.6 is 34.0 Å². The van der Waals surface area contributed by atoms with Gasteiger partial charge in [0.25, 0.3) is 5.91 Å². The molecule has 3 aromatic heterocycles. The zero-order chi connectivity index (χ0) is 17.1. The van der Waals surface area contributed by atoms with Gasteiger partial charge in [0, 0.05) is 33.8 Å². The number of nitrogens with zero attached hydrogens (tertiary/aromatic N) is 2. The Morgan fingerprint density at radius 2 is 2.00 bits per heavy atom. The topological polar surface area (TPSA) is 54.9 Å². The second kappa shape index (κ2) is 7.26. The summed E-state index contributed by atoms with van der Waals surface area (Å²) in [5, 5.41) is 10.1. The molecule has 1 N–H and O–H groups in total. The van der Waals surface area contributed by atoms with E-state index in [-0.39, 0.29) is 5.91 Å². The number of nitrogens with one attached hydrogen (secondary N) is 1. The monoisotopic (exact) mass is 383 g/mol. The SMILES string of the molecule is O=C(Nc1ncc(Cc2ccccc2)s1)c1csc(-c2ccsc2)n1. The lowest BCUT2D eigenvalue weighted by atomic mass is 10.1. The van der Waals surface area contributed by atoms with Crippen LogP contribution in [0.5, 0.6) is 0 Å². The molecule has 25 heavy (non-hydrogen) atoms. The highest BCUT2D eigenvalue weighted by molar-refractivity contribution is 7.16. The minimum atomic E-state index is -0.224. The van der Waals surface area contributed by atoms with Crippen molar-refractivity contribution in [1.82, 2.24) is 9.97 Å². The van der Waals surface area contributed by atoms with E-state index < -0.39 is 0 Å². The molecule has 0 saturated heterocycles.